The highest BCUT2D eigenvalue weighted by atomic mass is 79.9. The number of halogens is 1. The number of hydrogen-bond donors (Lipinski definition) is 0. The first-order valence-corrected chi connectivity index (χ1v) is 8.19. The van der Waals surface area contributed by atoms with Gasteiger partial charge in [0.1, 0.15) is 0 Å². The van der Waals surface area contributed by atoms with Crippen molar-refractivity contribution >= 4 is 26.0 Å². The largest absolute Gasteiger partial charge is 0.383 e. The van der Waals surface area contributed by atoms with Crippen LogP contribution in [0.25, 0.3) is 0 Å². The monoisotopic (exact) mass is 315 g/mol. The molecule has 0 spiro atoms. The van der Waals surface area contributed by atoms with Crippen molar-refractivity contribution in [1.29, 1.82) is 0 Å². The standard InChI is InChI=1S/C10H22BrNO3S/c1-10(2)4-9-16(13,14)12(6-5-11)7-8-15-3/h10H,4-9H2,1-3H3. The first-order chi connectivity index (χ1) is 7.44. The fourth-order valence-electron chi connectivity index (χ4n) is 1.19. The fraction of sp³-hybridized carbons (Fsp3) is 1.00. The first-order valence-electron chi connectivity index (χ1n) is 5.46. The topological polar surface area (TPSA) is 46.6 Å². The van der Waals surface area contributed by atoms with Gasteiger partial charge < -0.3 is 4.74 Å². The molecule has 0 saturated carbocycles. The molecule has 98 valence electrons. The Morgan fingerprint density at radius 1 is 1.31 bits per heavy atom. The molecule has 0 heterocycles. The van der Waals surface area contributed by atoms with Crippen LogP contribution in [-0.4, -0.2) is 50.6 Å². The molecule has 0 radical (unpaired) electrons. The summed E-state index contributed by atoms with van der Waals surface area (Å²) in [6.07, 6.45) is 0.702. The van der Waals surface area contributed by atoms with Crippen molar-refractivity contribution in [3.8, 4) is 0 Å². The Labute approximate surface area is 108 Å². The van der Waals surface area contributed by atoms with Crippen molar-refractivity contribution in [2.24, 2.45) is 5.92 Å². The molecular formula is C10H22BrNO3S. The molecule has 0 aliphatic rings. The Morgan fingerprint density at radius 2 is 1.94 bits per heavy atom. The van der Waals surface area contributed by atoms with Crippen LogP contribution in [0.3, 0.4) is 0 Å². The van der Waals surface area contributed by atoms with Crippen molar-refractivity contribution in [2.75, 3.05) is 37.9 Å². The van der Waals surface area contributed by atoms with Gasteiger partial charge in [0.05, 0.1) is 12.4 Å². The average molecular weight is 316 g/mol. The summed E-state index contributed by atoms with van der Waals surface area (Å²) in [4.78, 5) is 0. The summed E-state index contributed by atoms with van der Waals surface area (Å²) in [7, 11) is -1.55. The van der Waals surface area contributed by atoms with Crippen LogP contribution in [0.15, 0.2) is 0 Å². The molecule has 0 aromatic carbocycles. The summed E-state index contributed by atoms with van der Waals surface area (Å²) in [5.74, 6) is 0.629. The predicted octanol–water partition coefficient (Wildman–Crippen LogP) is 1.71. The second-order valence-corrected chi connectivity index (χ2v) is 6.96. The number of sulfonamides is 1. The SMILES string of the molecule is COCCN(CCBr)S(=O)(=O)CCC(C)C. The van der Waals surface area contributed by atoms with Gasteiger partial charge in [-0.1, -0.05) is 29.8 Å². The smallest absolute Gasteiger partial charge is 0.214 e. The number of nitrogens with zero attached hydrogens (tertiary/aromatic N) is 1. The van der Waals surface area contributed by atoms with Crippen LogP contribution in [0.4, 0.5) is 0 Å². The summed E-state index contributed by atoms with van der Waals surface area (Å²) in [6.45, 7) is 5.43. The van der Waals surface area contributed by atoms with Crippen molar-refractivity contribution in [3.63, 3.8) is 0 Å². The summed E-state index contributed by atoms with van der Waals surface area (Å²) < 4.78 is 30.4. The van der Waals surface area contributed by atoms with E-state index < -0.39 is 10.0 Å². The lowest BCUT2D eigenvalue weighted by Crippen LogP contribution is -2.37. The number of methoxy groups -OCH3 is 1. The maximum Gasteiger partial charge on any atom is 0.214 e. The molecule has 0 rings (SSSR count). The van der Waals surface area contributed by atoms with E-state index in [1.165, 1.54) is 4.31 Å². The van der Waals surface area contributed by atoms with Gasteiger partial charge >= 0.3 is 0 Å². The highest BCUT2D eigenvalue weighted by molar-refractivity contribution is 9.09. The molecule has 0 aromatic rings. The number of hydrogen-bond acceptors (Lipinski definition) is 3. The van der Waals surface area contributed by atoms with Gasteiger partial charge in [-0.25, -0.2) is 8.42 Å². The third kappa shape index (κ3) is 6.83. The second kappa shape index (κ2) is 8.44. The van der Waals surface area contributed by atoms with Crippen LogP contribution in [-0.2, 0) is 14.8 Å². The van der Waals surface area contributed by atoms with Crippen molar-refractivity contribution in [1.82, 2.24) is 4.31 Å². The van der Waals surface area contributed by atoms with E-state index >= 15 is 0 Å². The Hall–Kier alpha value is 0.350. The summed E-state index contributed by atoms with van der Waals surface area (Å²) in [5.41, 5.74) is 0. The number of ether oxygens (including phenoxy) is 1. The molecule has 0 aromatic heterocycles. The third-order valence-electron chi connectivity index (χ3n) is 2.23. The first kappa shape index (κ1) is 16.4. The molecule has 0 bridgehead atoms. The van der Waals surface area contributed by atoms with E-state index in [0.717, 1.165) is 0 Å². The third-order valence-corrected chi connectivity index (χ3v) is 4.48. The second-order valence-electron chi connectivity index (χ2n) is 4.08. The van der Waals surface area contributed by atoms with Gasteiger partial charge in [0.25, 0.3) is 0 Å². The Balaban J connectivity index is 4.37. The maximum absolute atomic E-state index is 12.0. The molecule has 0 aliphatic carbocycles. The van der Waals surface area contributed by atoms with Gasteiger partial charge in [0, 0.05) is 25.5 Å². The molecule has 0 amide bonds. The van der Waals surface area contributed by atoms with E-state index in [0.29, 0.717) is 37.4 Å². The summed E-state index contributed by atoms with van der Waals surface area (Å²) in [5, 5.41) is 0.650. The Morgan fingerprint density at radius 3 is 2.38 bits per heavy atom. The predicted molar refractivity (Wildman–Crippen MR) is 70.5 cm³/mol. The lowest BCUT2D eigenvalue weighted by Gasteiger charge is -2.21. The van der Waals surface area contributed by atoms with Gasteiger partial charge in [-0.2, -0.15) is 4.31 Å². The zero-order chi connectivity index (χ0) is 12.6. The molecule has 0 aliphatic heterocycles. The summed E-state index contributed by atoms with van der Waals surface area (Å²) in [6, 6.07) is 0. The lowest BCUT2D eigenvalue weighted by atomic mass is 10.2. The average Bonchev–Trinajstić information content (AvgIpc) is 2.21. The van der Waals surface area contributed by atoms with E-state index in [9.17, 15) is 8.42 Å². The molecule has 0 saturated heterocycles. The summed E-state index contributed by atoms with van der Waals surface area (Å²) >= 11 is 3.27. The van der Waals surface area contributed by atoms with Crippen molar-refractivity contribution < 1.29 is 13.2 Å². The highest BCUT2D eigenvalue weighted by Gasteiger charge is 2.20. The van der Waals surface area contributed by atoms with Crippen LogP contribution >= 0.6 is 15.9 Å². The zero-order valence-electron chi connectivity index (χ0n) is 10.3. The van der Waals surface area contributed by atoms with E-state index in [1.807, 2.05) is 13.8 Å². The zero-order valence-corrected chi connectivity index (χ0v) is 12.7. The van der Waals surface area contributed by atoms with E-state index in [4.69, 9.17) is 4.74 Å². The Bertz CT molecular complexity index is 267. The fourth-order valence-corrected chi connectivity index (χ4v) is 3.60. The minimum atomic E-state index is -3.13. The molecule has 0 unspecified atom stereocenters. The van der Waals surface area contributed by atoms with Crippen LogP contribution in [0.1, 0.15) is 20.3 Å². The van der Waals surface area contributed by atoms with Crippen LogP contribution in [0, 0.1) is 5.92 Å². The molecular weight excluding hydrogens is 294 g/mol. The molecule has 4 nitrogen and oxygen atoms in total. The molecule has 0 N–H and O–H groups in total. The van der Waals surface area contributed by atoms with Gasteiger partial charge in [0.15, 0.2) is 0 Å². The minimum Gasteiger partial charge on any atom is -0.383 e. The van der Waals surface area contributed by atoms with E-state index in [2.05, 4.69) is 15.9 Å². The van der Waals surface area contributed by atoms with E-state index in [-0.39, 0.29) is 5.75 Å². The molecule has 0 atom stereocenters. The van der Waals surface area contributed by atoms with Gasteiger partial charge in [-0.15, -0.1) is 0 Å². The van der Waals surface area contributed by atoms with Crippen molar-refractivity contribution in [3.05, 3.63) is 0 Å². The molecule has 0 fully saturated rings. The molecule has 6 heteroatoms. The quantitative estimate of drug-likeness (QED) is 0.608. The normalized spacial score (nSPS) is 12.6. The van der Waals surface area contributed by atoms with Crippen LogP contribution in [0.5, 0.6) is 0 Å². The number of rotatable bonds is 9. The Kier molecular flexibility index (Phi) is 8.63. The maximum atomic E-state index is 12.0. The van der Waals surface area contributed by atoms with Gasteiger partial charge in [0.2, 0.25) is 10.0 Å². The number of alkyl halides is 1. The highest BCUT2D eigenvalue weighted by Crippen LogP contribution is 2.08. The van der Waals surface area contributed by atoms with Crippen LogP contribution in [0.2, 0.25) is 0 Å². The lowest BCUT2D eigenvalue weighted by molar-refractivity contribution is 0.180. The van der Waals surface area contributed by atoms with Gasteiger partial charge in [-0.3, -0.25) is 0 Å². The minimum absolute atomic E-state index is 0.224. The van der Waals surface area contributed by atoms with Crippen molar-refractivity contribution in [2.45, 2.75) is 20.3 Å². The van der Waals surface area contributed by atoms with Crippen LogP contribution < -0.4 is 0 Å². The van der Waals surface area contributed by atoms with E-state index in [1.54, 1.807) is 7.11 Å². The van der Waals surface area contributed by atoms with Gasteiger partial charge in [-0.05, 0) is 12.3 Å². The molecule has 16 heavy (non-hydrogen) atoms.